The maximum absolute atomic E-state index is 13.8. The molecule has 1 amide bonds. The number of para-hydroxylation sites is 1. The Kier molecular flexibility index (Phi) is 4.79. The molecule has 6 nitrogen and oxygen atoms in total. The first kappa shape index (κ1) is 21.2. The van der Waals surface area contributed by atoms with Gasteiger partial charge in [-0.15, -0.1) is 0 Å². The maximum atomic E-state index is 13.8. The van der Waals surface area contributed by atoms with Crippen molar-refractivity contribution in [3.63, 3.8) is 0 Å². The van der Waals surface area contributed by atoms with Gasteiger partial charge in [-0.2, -0.15) is 0 Å². The van der Waals surface area contributed by atoms with Gasteiger partial charge in [0.1, 0.15) is 11.5 Å². The molecule has 166 valence electrons. The van der Waals surface area contributed by atoms with Gasteiger partial charge in [0, 0.05) is 27.8 Å². The average molecular weight is 462 g/mol. The summed E-state index contributed by atoms with van der Waals surface area (Å²) in [5.74, 6) is -1.30. The number of hydrogen-bond donors (Lipinski definition) is 1. The zero-order chi connectivity index (χ0) is 23.4. The number of anilines is 1. The predicted octanol–water partition coefficient (Wildman–Crippen LogP) is 4.88. The first-order chi connectivity index (χ1) is 15.8. The highest BCUT2D eigenvalue weighted by Crippen LogP contribution is 2.78. The molecule has 0 aromatic heterocycles. The van der Waals surface area contributed by atoms with Gasteiger partial charge in [-0.05, 0) is 61.5 Å². The molecule has 1 N–H and O–H groups in total. The number of ketones is 1. The second-order valence-electron chi connectivity index (χ2n) is 8.39. The van der Waals surface area contributed by atoms with E-state index in [0.29, 0.717) is 33.3 Å². The summed E-state index contributed by atoms with van der Waals surface area (Å²) in [4.78, 5) is 40.8. The molecule has 1 aliphatic heterocycles. The summed E-state index contributed by atoms with van der Waals surface area (Å²) in [5, 5.41) is 3.30. The second kappa shape index (κ2) is 7.46. The number of benzene rings is 3. The molecule has 0 unspecified atom stereocenters. The van der Waals surface area contributed by atoms with Gasteiger partial charge in [-0.3, -0.25) is 14.4 Å². The lowest BCUT2D eigenvalue weighted by molar-refractivity contribution is -0.147. The first-order valence-corrected chi connectivity index (χ1v) is 10.8. The molecular formula is C26H20ClNO5. The van der Waals surface area contributed by atoms with Crippen molar-refractivity contribution in [1.29, 1.82) is 0 Å². The number of ether oxygens (including phenoxy) is 2. The number of rotatable bonds is 5. The Morgan fingerprint density at radius 2 is 1.67 bits per heavy atom. The summed E-state index contributed by atoms with van der Waals surface area (Å²) < 4.78 is 10.7. The highest BCUT2D eigenvalue weighted by molar-refractivity contribution is 6.30. The van der Waals surface area contributed by atoms with Crippen molar-refractivity contribution < 1.29 is 23.9 Å². The second-order valence-corrected chi connectivity index (χ2v) is 8.83. The summed E-state index contributed by atoms with van der Waals surface area (Å²) in [6, 6.07) is 20.2. The number of nitrogens with one attached hydrogen (secondary N) is 1. The van der Waals surface area contributed by atoms with Crippen LogP contribution in [0.2, 0.25) is 5.02 Å². The van der Waals surface area contributed by atoms with Crippen LogP contribution in [0, 0.1) is 10.8 Å². The van der Waals surface area contributed by atoms with Crippen LogP contribution >= 0.6 is 11.6 Å². The van der Waals surface area contributed by atoms with Crippen LogP contribution in [0.25, 0.3) is 0 Å². The Morgan fingerprint density at radius 1 is 1.00 bits per heavy atom. The van der Waals surface area contributed by atoms with Gasteiger partial charge >= 0.3 is 5.97 Å². The summed E-state index contributed by atoms with van der Waals surface area (Å²) in [7, 11) is 1.55. The molecule has 5 rings (SSSR count). The van der Waals surface area contributed by atoms with Crippen LogP contribution in [0.15, 0.2) is 72.8 Å². The summed E-state index contributed by atoms with van der Waals surface area (Å²) in [6.07, 6.45) is 0. The number of fused-ring (bicyclic) bond motifs is 3. The molecule has 0 radical (unpaired) electrons. The highest BCUT2D eigenvalue weighted by atomic mass is 35.5. The van der Waals surface area contributed by atoms with E-state index in [0.717, 1.165) is 0 Å². The van der Waals surface area contributed by atoms with Gasteiger partial charge in [0.2, 0.25) is 5.91 Å². The van der Waals surface area contributed by atoms with E-state index in [1.54, 1.807) is 86.8 Å². The number of methoxy groups -OCH3 is 1. The van der Waals surface area contributed by atoms with E-state index in [4.69, 9.17) is 21.1 Å². The molecule has 33 heavy (non-hydrogen) atoms. The average Bonchev–Trinajstić information content (AvgIpc) is 3.43. The Bertz CT molecular complexity index is 1290. The third-order valence-electron chi connectivity index (χ3n) is 6.78. The lowest BCUT2D eigenvalue weighted by Gasteiger charge is -2.23. The van der Waals surface area contributed by atoms with Crippen molar-refractivity contribution in [3.8, 4) is 11.5 Å². The summed E-state index contributed by atoms with van der Waals surface area (Å²) >= 11 is 5.99. The molecule has 0 saturated heterocycles. The fraction of sp³-hybridized carbons (Fsp3) is 0.192. The number of carbonyl (C=O) groups excluding carboxylic acids is 3. The number of esters is 1. The van der Waals surface area contributed by atoms with Gasteiger partial charge in [-0.1, -0.05) is 29.8 Å². The van der Waals surface area contributed by atoms with Crippen LogP contribution in [0.1, 0.15) is 28.8 Å². The third kappa shape index (κ3) is 2.91. The Labute approximate surface area is 195 Å². The van der Waals surface area contributed by atoms with E-state index >= 15 is 0 Å². The standard InChI is InChI=1S/C26H20ClNO5/c1-25(22(29)15-7-9-16(27)10-8-15)21-19-5-3-4-6-20(19)33-24(31)26(21,25)23(30)28-17-11-13-18(32-2)14-12-17/h3-14,21H,1-2H3,(H,28,30)/t21-,25+,26+/m1/s1. The molecule has 0 bridgehead atoms. The highest BCUT2D eigenvalue weighted by Gasteiger charge is 2.88. The van der Waals surface area contributed by atoms with Gasteiger partial charge in [0.05, 0.1) is 12.5 Å². The quantitative estimate of drug-likeness (QED) is 0.253. The summed E-state index contributed by atoms with van der Waals surface area (Å²) in [6.45, 7) is 1.66. The molecule has 3 aromatic rings. The number of amides is 1. The topological polar surface area (TPSA) is 81.7 Å². The van der Waals surface area contributed by atoms with Gasteiger partial charge < -0.3 is 14.8 Å². The fourth-order valence-corrected chi connectivity index (χ4v) is 5.19. The van der Waals surface area contributed by atoms with Gasteiger partial charge in [-0.25, -0.2) is 0 Å². The van der Waals surface area contributed by atoms with Crippen LogP contribution in [0.4, 0.5) is 5.69 Å². The van der Waals surface area contributed by atoms with E-state index in [-0.39, 0.29) is 5.78 Å². The number of halogens is 1. The van der Waals surface area contributed by atoms with Crippen molar-refractivity contribution in [2.75, 3.05) is 12.4 Å². The largest absolute Gasteiger partial charge is 0.497 e. The lowest BCUT2D eigenvalue weighted by Crippen LogP contribution is -2.42. The van der Waals surface area contributed by atoms with E-state index in [9.17, 15) is 14.4 Å². The molecule has 1 fully saturated rings. The number of hydrogen-bond acceptors (Lipinski definition) is 5. The zero-order valence-corrected chi connectivity index (χ0v) is 18.7. The molecular weight excluding hydrogens is 442 g/mol. The molecule has 0 spiro atoms. The predicted molar refractivity (Wildman–Crippen MR) is 123 cm³/mol. The van der Waals surface area contributed by atoms with Crippen molar-refractivity contribution >= 4 is 34.9 Å². The van der Waals surface area contributed by atoms with Crippen molar-refractivity contribution in [2.24, 2.45) is 10.8 Å². The van der Waals surface area contributed by atoms with Gasteiger partial charge in [0.15, 0.2) is 11.2 Å². The monoisotopic (exact) mass is 461 g/mol. The molecule has 2 aliphatic rings. The zero-order valence-electron chi connectivity index (χ0n) is 17.9. The minimum absolute atomic E-state index is 0.317. The van der Waals surface area contributed by atoms with Crippen LogP contribution < -0.4 is 14.8 Å². The van der Waals surface area contributed by atoms with E-state index in [2.05, 4.69) is 5.32 Å². The van der Waals surface area contributed by atoms with E-state index in [1.807, 2.05) is 0 Å². The Balaban J connectivity index is 1.60. The number of carbonyl (C=O) groups is 3. The molecule has 7 heteroatoms. The van der Waals surface area contributed by atoms with Crippen molar-refractivity contribution in [3.05, 3.63) is 88.9 Å². The summed E-state index contributed by atoms with van der Waals surface area (Å²) in [5.41, 5.74) is -1.52. The Hall–Kier alpha value is -3.64. The maximum Gasteiger partial charge on any atom is 0.328 e. The van der Waals surface area contributed by atoms with Crippen LogP contribution in [-0.4, -0.2) is 24.8 Å². The lowest BCUT2D eigenvalue weighted by atomic mass is 9.86. The minimum Gasteiger partial charge on any atom is -0.497 e. The van der Waals surface area contributed by atoms with Gasteiger partial charge in [0.25, 0.3) is 0 Å². The van der Waals surface area contributed by atoms with E-state index < -0.39 is 28.6 Å². The fourth-order valence-electron chi connectivity index (χ4n) is 5.06. The van der Waals surface area contributed by atoms with Crippen molar-refractivity contribution in [1.82, 2.24) is 0 Å². The smallest absolute Gasteiger partial charge is 0.328 e. The van der Waals surface area contributed by atoms with Crippen LogP contribution in [0.3, 0.4) is 0 Å². The molecule has 1 saturated carbocycles. The molecule has 3 atom stereocenters. The normalized spacial score (nSPS) is 24.7. The molecule has 1 heterocycles. The third-order valence-corrected chi connectivity index (χ3v) is 7.04. The SMILES string of the molecule is COc1ccc(NC(=O)[C@]23C(=O)Oc4ccccc4[C@@H]2[C@@]3(C)C(=O)c2ccc(Cl)cc2)cc1. The Morgan fingerprint density at radius 3 is 2.33 bits per heavy atom. The van der Waals surface area contributed by atoms with Crippen molar-refractivity contribution in [2.45, 2.75) is 12.8 Å². The molecule has 3 aromatic carbocycles. The minimum atomic E-state index is -1.70. The van der Waals surface area contributed by atoms with Crippen LogP contribution in [0.5, 0.6) is 11.5 Å². The molecule has 1 aliphatic carbocycles. The van der Waals surface area contributed by atoms with E-state index in [1.165, 1.54) is 0 Å². The van der Waals surface area contributed by atoms with Crippen LogP contribution in [-0.2, 0) is 9.59 Å². The number of Topliss-reactive ketones (excluding diaryl/α,β-unsaturated/α-hetero) is 1. The first-order valence-electron chi connectivity index (χ1n) is 10.4.